The molecule has 2 heterocycles. The van der Waals surface area contributed by atoms with Crippen molar-refractivity contribution in [2.24, 2.45) is 0 Å². The second kappa shape index (κ2) is 9.65. The van der Waals surface area contributed by atoms with Crippen LogP contribution in [0.1, 0.15) is 27.7 Å². The van der Waals surface area contributed by atoms with Gasteiger partial charge in [0, 0.05) is 10.8 Å². The molecule has 0 spiro atoms. The van der Waals surface area contributed by atoms with Gasteiger partial charge in [0.05, 0.1) is 37.5 Å². The lowest BCUT2D eigenvalue weighted by Gasteiger charge is -2.18. The zero-order chi connectivity index (χ0) is 21.8. The van der Waals surface area contributed by atoms with E-state index in [-0.39, 0.29) is 37.3 Å². The monoisotopic (exact) mass is 452 g/mol. The summed E-state index contributed by atoms with van der Waals surface area (Å²) >= 11 is 0. The van der Waals surface area contributed by atoms with Crippen molar-refractivity contribution >= 4 is 47.9 Å². The first-order chi connectivity index (χ1) is 14.4. The van der Waals surface area contributed by atoms with Gasteiger partial charge in [-0.1, -0.05) is 24.3 Å². The predicted octanol–water partition coefficient (Wildman–Crippen LogP) is 4.57. The zero-order valence-corrected chi connectivity index (χ0v) is 19.3. The maximum absolute atomic E-state index is 13.2. The fraction of sp³-hybridized carbons (Fsp3) is 0.400. The maximum Gasteiger partial charge on any atom is 0.379 e. The van der Waals surface area contributed by atoms with E-state index >= 15 is 0 Å². The average Bonchev–Trinajstić information content (AvgIpc) is 2.73. The van der Waals surface area contributed by atoms with Gasteiger partial charge in [-0.3, -0.25) is 9.13 Å². The van der Waals surface area contributed by atoms with Gasteiger partial charge in [0.25, 0.3) is 0 Å². The van der Waals surface area contributed by atoms with E-state index in [9.17, 15) is 9.13 Å². The molecular weight excluding hydrogens is 426 g/mol. The van der Waals surface area contributed by atoms with Gasteiger partial charge in [0.2, 0.25) is 0 Å². The number of pyridine rings is 2. The Morgan fingerprint density at radius 1 is 0.600 bits per heavy atom. The molecule has 2 aromatic heterocycles. The fourth-order valence-electron chi connectivity index (χ4n) is 3.07. The third kappa shape index (κ3) is 4.50. The van der Waals surface area contributed by atoms with E-state index in [4.69, 9.17) is 18.1 Å². The van der Waals surface area contributed by atoms with Gasteiger partial charge in [-0.05, 0) is 39.8 Å². The van der Waals surface area contributed by atoms with Gasteiger partial charge in [0.15, 0.2) is 10.9 Å². The molecule has 0 unspecified atom stereocenters. The van der Waals surface area contributed by atoms with Crippen LogP contribution in [0.4, 0.5) is 0 Å². The van der Waals surface area contributed by atoms with E-state index in [0.717, 1.165) is 10.8 Å². The molecule has 0 atom stereocenters. The summed E-state index contributed by atoms with van der Waals surface area (Å²) in [5, 5.41) is 1.58. The number of benzene rings is 1. The summed E-state index contributed by atoms with van der Waals surface area (Å²) < 4.78 is 48.1. The fourth-order valence-corrected chi connectivity index (χ4v) is 6.07. The van der Waals surface area contributed by atoms with Crippen molar-refractivity contribution in [3.05, 3.63) is 36.4 Å². The second-order valence-corrected chi connectivity index (χ2v) is 10.2. The number of rotatable bonds is 10. The Bertz CT molecular complexity index is 1030. The molecule has 0 saturated carbocycles. The molecule has 0 bridgehead atoms. The highest BCUT2D eigenvalue weighted by Crippen LogP contribution is 2.47. The predicted molar refractivity (Wildman–Crippen MR) is 118 cm³/mol. The molecule has 10 heteroatoms. The maximum atomic E-state index is 13.2. The Labute approximate surface area is 176 Å². The quantitative estimate of drug-likeness (QED) is 0.326. The van der Waals surface area contributed by atoms with E-state index in [1.807, 2.05) is 12.1 Å². The van der Waals surface area contributed by atoms with Crippen LogP contribution in [0.3, 0.4) is 0 Å². The summed E-state index contributed by atoms with van der Waals surface area (Å²) in [5.74, 6) is 0. The molecule has 0 aliphatic carbocycles. The largest absolute Gasteiger partial charge is 0.379 e. The summed E-state index contributed by atoms with van der Waals surface area (Å²) in [6, 6.07) is 10.6. The Hall–Kier alpha value is -1.66. The molecule has 8 nitrogen and oxygen atoms in total. The molecular formula is C20H26N2O6P2. The van der Waals surface area contributed by atoms with Crippen LogP contribution < -0.4 is 10.9 Å². The SMILES string of the molecule is CCOP(=O)(OCC)c1ccc2ccc3ccc(P(=O)(OCC)OCC)nc3c2n1. The van der Waals surface area contributed by atoms with E-state index in [0.29, 0.717) is 11.0 Å². The topological polar surface area (TPSA) is 96.8 Å². The minimum absolute atomic E-state index is 0.205. The van der Waals surface area contributed by atoms with E-state index in [1.165, 1.54) is 0 Å². The van der Waals surface area contributed by atoms with Crippen LogP contribution in [0.2, 0.25) is 0 Å². The molecule has 0 aliphatic rings. The van der Waals surface area contributed by atoms with Crippen molar-refractivity contribution < 1.29 is 27.2 Å². The summed E-state index contributed by atoms with van der Waals surface area (Å²) in [5.41, 5.74) is 1.42. The van der Waals surface area contributed by atoms with E-state index < -0.39 is 15.2 Å². The Balaban J connectivity index is 2.23. The molecule has 0 fully saturated rings. The molecule has 0 aliphatic heterocycles. The van der Waals surface area contributed by atoms with Crippen LogP contribution in [0, 0.1) is 0 Å². The molecule has 30 heavy (non-hydrogen) atoms. The van der Waals surface area contributed by atoms with Gasteiger partial charge >= 0.3 is 15.2 Å². The second-order valence-electron chi connectivity index (χ2n) is 6.21. The van der Waals surface area contributed by atoms with Crippen LogP contribution in [-0.4, -0.2) is 36.4 Å². The Morgan fingerprint density at radius 2 is 0.900 bits per heavy atom. The van der Waals surface area contributed by atoms with Gasteiger partial charge in [0.1, 0.15) is 0 Å². The number of aromatic nitrogens is 2. The first kappa shape index (κ1) is 23.0. The Kier molecular flexibility index (Phi) is 7.40. The van der Waals surface area contributed by atoms with Crippen LogP contribution >= 0.6 is 15.2 Å². The lowest BCUT2D eigenvalue weighted by molar-refractivity contribution is 0.228. The van der Waals surface area contributed by atoms with Crippen molar-refractivity contribution in [3.8, 4) is 0 Å². The summed E-state index contributed by atoms with van der Waals surface area (Å²) in [7, 11) is -7.13. The van der Waals surface area contributed by atoms with Crippen molar-refractivity contribution in [2.75, 3.05) is 26.4 Å². The van der Waals surface area contributed by atoms with Crippen molar-refractivity contribution in [1.82, 2.24) is 9.97 Å². The number of fused-ring (bicyclic) bond motifs is 3. The molecule has 0 radical (unpaired) electrons. The van der Waals surface area contributed by atoms with Crippen molar-refractivity contribution in [1.29, 1.82) is 0 Å². The normalized spacial score (nSPS) is 12.7. The lowest BCUT2D eigenvalue weighted by Crippen LogP contribution is -2.16. The summed E-state index contributed by atoms with van der Waals surface area (Å²) in [6.07, 6.45) is 0. The highest BCUT2D eigenvalue weighted by atomic mass is 31.2. The molecule has 3 aromatic rings. The lowest BCUT2D eigenvalue weighted by atomic mass is 10.1. The number of hydrogen-bond acceptors (Lipinski definition) is 8. The van der Waals surface area contributed by atoms with Crippen molar-refractivity contribution in [2.45, 2.75) is 27.7 Å². The van der Waals surface area contributed by atoms with Crippen LogP contribution in [-0.2, 0) is 27.2 Å². The summed E-state index contributed by atoms with van der Waals surface area (Å²) in [4.78, 5) is 9.16. The highest BCUT2D eigenvalue weighted by molar-refractivity contribution is 7.62. The third-order valence-corrected chi connectivity index (χ3v) is 8.26. The standard InChI is InChI=1S/C20H26N2O6P2/c1-5-25-29(23,26-6-2)17-13-11-15-9-10-16-12-14-18(22-20(16)19(15)21-17)30(24,27-7-3)28-8-4/h9-14H,5-8H2,1-4H3. The van der Waals surface area contributed by atoms with Crippen molar-refractivity contribution in [3.63, 3.8) is 0 Å². The highest BCUT2D eigenvalue weighted by Gasteiger charge is 2.30. The van der Waals surface area contributed by atoms with Gasteiger partial charge < -0.3 is 18.1 Å². The van der Waals surface area contributed by atoms with E-state index in [2.05, 4.69) is 9.97 Å². The molecule has 0 saturated heterocycles. The minimum atomic E-state index is -3.56. The third-order valence-electron chi connectivity index (χ3n) is 4.25. The van der Waals surface area contributed by atoms with Gasteiger partial charge in [-0.25, -0.2) is 9.97 Å². The number of nitrogens with zero attached hydrogens (tertiary/aromatic N) is 2. The molecule has 162 valence electrons. The summed E-state index contributed by atoms with van der Waals surface area (Å²) in [6.45, 7) is 7.87. The van der Waals surface area contributed by atoms with E-state index in [1.54, 1.807) is 52.0 Å². The average molecular weight is 452 g/mol. The smallest absolute Gasteiger partial charge is 0.304 e. The first-order valence-corrected chi connectivity index (χ1v) is 13.0. The first-order valence-electron chi connectivity index (χ1n) is 9.90. The van der Waals surface area contributed by atoms with Gasteiger partial charge in [-0.15, -0.1) is 0 Å². The van der Waals surface area contributed by atoms with Crippen LogP contribution in [0.5, 0.6) is 0 Å². The Morgan fingerprint density at radius 3 is 1.20 bits per heavy atom. The molecule has 3 rings (SSSR count). The molecule has 0 amide bonds. The number of hydrogen-bond donors (Lipinski definition) is 0. The van der Waals surface area contributed by atoms with Gasteiger partial charge in [-0.2, -0.15) is 0 Å². The minimum Gasteiger partial charge on any atom is -0.304 e. The molecule has 1 aromatic carbocycles. The zero-order valence-electron chi connectivity index (χ0n) is 17.5. The molecule has 0 N–H and O–H groups in total. The van der Waals surface area contributed by atoms with Crippen LogP contribution in [0.25, 0.3) is 21.8 Å². The van der Waals surface area contributed by atoms with Crippen LogP contribution in [0.15, 0.2) is 36.4 Å².